The van der Waals surface area contributed by atoms with Crippen LogP contribution in [-0.4, -0.2) is 40.1 Å². The van der Waals surface area contributed by atoms with Crippen LogP contribution in [0.4, 0.5) is 0 Å². The minimum Gasteiger partial charge on any atom is -0.506 e. The molecule has 0 amide bonds. The molecule has 2 rings (SSSR count). The molecule has 16 heavy (non-hydrogen) atoms. The number of hydrazone groups is 1. The van der Waals surface area contributed by atoms with E-state index in [2.05, 4.69) is 42.9 Å². The highest BCUT2D eigenvalue weighted by Gasteiger charge is 2.43. The van der Waals surface area contributed by atoms with Gasteiger partial charge in [0.25, 0.3) is 0 Å². The first-order chi connectivity index (χ1) is 7.43. The average molecular weight is 242 g/mol. The Morgan fingerprint density at radius 3 is 2.69 bits per heavy atom. The van der Waals surface area contributed by atoms with Crippen LogP contribution < -0.4 is 0 Å². The molecule has 0 spiro atoms. The van der Waals surface area contributed by atoms with E-state index in [0.717, 1.165) is 5.57 Å². The summed E-state index contributed by atoms with van der Waals surface area (Å²) >= 11 is 6.20. The Bertz CT molecular complexity index is 409. The third-order valence-electron chi connectivity index (χ3n) is 3.32. The number of aliphatic hydroxyl groups excluding tert-OH is 1. The van der Waals surface area contributed by atoms with Gasteiger partial charge in [-0.1, -0.05) is 11.6 Å². The molecular formula is C12H18ClN2O+. The van der Waals surface area contributed by atoms with Gasteiger partial charge in [-0.15, -0.1) is 4.68 Å². The van der Waals surface area contributed by atoms with Crippen molar-refractivity contribution in [2.75, 3.05) is 7.05 Å². The maximum Gasteiger partial charge on any atom is 0.181 e. The maximum atomic E-state index is 9.83. The lowest BCUT2D eigenvalue weighted by Crippen LogP contribution is -2.39. The third-order valence-corrected chi connectivity index (χ3v) is 3.75. The van der Waals surface area contributed by atoms with E-state index < -0.39 is 0 Å². The van der Waals surface area contributed by atoms with Crippen molar-refractivity contribution in [3.63, 3.8) is 0 Å². The Morgan fingerprint density at radius 2 is 2.12 bits per heavy atom. The molecule has 2 unspecified atom stereocenters. The van der Waals surface area contributed by atoms with Gasteiger partial charge in [0, 0.05) is 0 Å². The molecule has 0 aromatic heterocycles. The Kier molecular flexibility index (Phi) is 2.74. The second-order valence-electron chi connectivity index (χ2n) is 4.76. The van der Waals surface area contributed by atoms with Crippen LogP contribution in [0.15, 0.2) is 22.4 Å². The van der Waals surface area contributed by atoms with Gasteiger partial charge in [0.15, 0.2) is 12.3 Å². The zero-order valence-electron chi connectivity index (χ0n) is 10.1. The number of halogens is 1. The van der Waals surface area contributed by atoms with E-state index in [-0.39, 0.29) is 17.7 Å². The van der Waals surface area contributed by atoms with Gasteiger partial charge in [-0.25, -0.2) is 0 Å². The largest absolute Gasteiger partial charge is 0.506 e. The van der Waals surface area contributed by atoms with Gasteiger partial charge >= 0.3 is 0 Å². The van der Waals surface area contributed by atoms with E-state index >= 15 is 0 Å². The number of likely N-dealkylation sites (N-methyl/N-ethyl adjacent to an activating group) is 1. The van der Waals surface area contributed by atoms with Crippen LogP contribution >= 0.6 is 11.6 Å². The second-order valence-corrected chi connectivity index (χ2v) is 5.17. The molecule has 1 aliphatic heterocycles. The van der Waals surface area contributed by atoms with Crippen molar-refractivity contribution in [3.8, 4) is 0 Å². The summed E-state index contributed by atoms with van der Waals surface area (Å²) in [6.07, 6.45) is 4.17. The zero-order valence-corrected chi connectivity index (χ0v) is 10.9. The van der Waals surface area contributed by atoms with E-state index in [1.807, 2.05) is 6.92 Å². The molecule has 1 N–H and O–H groups in total. The monoisotopic (exact) mass is 241 g/mol. The summed E-state index contributed by atoms with van der Waals surface area (Å²) in [5, 5.41) is 12.6. The number of nitrogens with zero attached hydrogens (tertiary/aromatic N) is 2. The van der Waals surface area contributed by atoms with Crippen molar-refractivity contribution < 1.29 is 9.79 Å². The van der Waals surface area contributed by atoms with Crippen LogP contribution in [0.25, 0.3) is 0 Å². The molecule has 1 aliphatic carbocycles. The van der Waals surface area contributed by atoms with Crippen molar-refractivity contribution in [3.05, 3.63) is 22.4 Å². The predicted molar refractivity (Wildman–Crippen MR) is 65.8 cm³/mol. The number of fused-ring (bicyclic) bond motifs is 1. The normalized spacial score (nSPS) is 29.5. The van der Waals surface area contributed by atoms with Gasteiger partial charge < -0.3 is 5.11 Å². The van der Waals surface area contributed by atoms with Crippen LogP contribution in [0.2, 0.25) is 0 Å². The Labute approximate surface area is 101 Å². The smallest absolute Gasteiger partial charge is 0.181 e. The van der Waals surface area contributed by atoms with Crippen LogP contribution in [0.1, 0.15) is 20.8 Å². The molecule has 0 saturated heterocycles. The Morgan fingerprint density at radius 1 is 1.50 bits per heavy atom. The number of rotatable bonds is 1. The summed E-state index contributed by atoms with van der Waals surface area (Å²) in [5.41, 5.74) is 0.858. The highest BCUT2D eigenvalue weighted by atomic mass is 35.5. The molecule has 2 aliphatic rings. The highest BCUT2D eigenvalue weighted by Crippen LogP contribution is 2.35. The van der Waals surface area contributed by atoms with Gasteiger partial charge in [-0.05, 0) is 32.4 Å². The fourth-order valence-corrected chi connectivity index (χ4v) is 2.72. The lowest BCUT2D eigenvalue weighted by Gasteiger charge is -2.24. The number of aliphatic hydroxyl groups is 1. The van der Waals surface area contributed by atoms with Crippen molar-refractivity contribution in [2.45, 2.75) is 32.9 Å². The maximum absolute atomic E-state index is 9.83. The van der Waals surface area contributed by atoms with Crippen LogP contribution in [-0.2, 0) is 0 Å². The summed E-state index contributed by atoms with van der Waals surface area (Å²) in [5.74, 6) is 0.316. The standard InChI is InChI=1S/C12H17ClN2O/c1-7(2)15-6-9-10(14(15)4)5-8(3)12(16)11(9)13/h5-7,9-10H,1-4H3/p+1. The summed E-state index contributed by atoms with van der Waals surface area (Å²) < 4.78 is 2.17. The second kappa shape index (κ2) is 3.81. The molecule has 1 heterocycles. The minimum absolute atomic E-state index is 0.0813. The molecule has 88 valence electrons. The summed E-state index contributed by atoms with van der Waals surface area (Å²) in [6.45, 7) is 6.16. The molecule has 2 atom stereocenters. The van der Waals surface area contributed by atoms with Crippen LogP contribution in [0.3, 0.4) is 0 Å². The van der Waals surface area contributed by atoms with Crippen LogP contribution in [0.5, 0.6) is 0 Å². The number of hydrogen-bond donors (Lipinski definition) is 1. The van der Waals surface area contributed by atoms with E-state index in [1.165, 1.54) is 0 Å². The van der Waals surface area contributed by atoms with Gasteiger partial charge in [0.1, 0.15) is 17.7 Å². The lowest BCUT2D eigenvalue weighted by atomic mass is 9.92. The molecule has 0 aromatic carbocycles. The number of allylic oxidation sites excluding steroid dienone is 1. The van der Waals surface area contributed by atoms with Crippen molar-refractivity contribution in [1.82, 2.24) is 5.01 Å². The molecule has 0 saturated carbocycles. The first-order valence-corrected chi connectivity index (χ1v) is 5.94. The van der Waals surface area contributed by atoms with E-state index in [1.54, 1.807) is 0 Å². The lowest BCUT2D eigenvalue weighted by molar-refractivity contribution is -0.700. The molecule has 4 heteroatoms. The zero-order chi connectivity index (χ0) is 12.0. The fraction of sp³-hybridized carbons (Fsp3) is 0.583. The first kappa shape index (κ1) is 11.5. The SMILES string of the molecule is CC1=CC2C(C=[N+](C(C)C)N2C)C(Cl)=C1O. The van der Waals surface area contributed by atoms with Gasteiger partial charge in [-0.2, -0.15) is 5.01 Å². The molecule has 3 nitrogen and oxygen atoms in total. The number of hydrogen-bond acceptors (Lipinski definition) is 2. The summed E-state index contributed by atoms with van der Waals surface area (Å²) in [7, 11) is 2.05. The summed E-state index contributed by atoms with van der Waals surface area (Å²) in [6, 6.07) is 0.627. The quantitative estimate of drug-likeness (QED) is 0.713. The summed E-state index contributed by atoms with van der Waals surface area (Å²) in [4.78, 5) is 0. The Balaban J connectivity index is 2.41. The topological polar surface area (TPSA) is 26.5 Å². The van der Waals surface area contributed by atoms with Crippen molar-refractivity contribution >= 4 is 17.8 Å². The molecule has 0 fully saturated rings. The Hall–Kier alpha value is -0.960. The fourth-order valence-electron chi connectivity index (χ4n) is 2.39. The predicted octanol–water partition coefficient (Wildman–Crippen LogP) is 2.29. The first-order valence-electron chi connectivity index (χ1n) is 5.57. The van der Waals surface area contributed by atoms with Crippen molar-refractivity contribution in [1.29, 1.82) is 0 Å². The van der Waals surface area contributed by atoms with Gasteiger partial charge in [-0.3, -0.25) is 0 Å². The number of hydrazine groups is 1. The third kappa shape index (κ3) is 1.54. The molecule has 0 aromatic rings. The van der Waals surface area contributed by atoms with E-state index in [0.29, 0.717) is 11.1 Å². The van der Waals surface area contributed by atoms with E-state index in [9.17, 15) is 5.11 Å². The van der Waals surface area contributed by atoms with Crippen molar-refractivity contribution in [2.24, 2.45) is 5.92 Å². The van der Waals surface area contributed by atoms with Crippen LogP contribution in [0, 0.1) is 5.92 Å². The van der Waals surface area contributed by atoms with Gasteiger partial charge in [0.2, 0.25) is 0 Å². The minimum atomic E-state index is 0.0813. The van der Waals surface area contributed by atoms with E-state index in [4.69, 9.17) is 11.6 Å². The molecule has 0 radical (unpaired) electrons. The highest BCUT2D eigenvalue weighted by molar-refractivity contribution is 6.31. The van der Waals surface area contributed by atoms with Gasteiger partial charge in [0.05, 0.1) is 12.1 Å². The molecular weight excluding hydrogens is 224 g/mol. The average Bonchev–Trinajstić information content (AvgIpc) is 2.54. The molecule has 0 bridgehead atoms.